The van der Waals surface area contributed by atoms with E-state index in [4.69, 9.17) is 11.6 Å². The second-order valence-corrected chi connectivity index (χ2v) is 6.20. The molecule has 0 fully saturated rings. The Morgan fingerprint density at radius 3 is 2.94 bits per heavy atom. The van der Waals surface area contributed by atoms with Gasteiger partial charge in [-0.1, -0.05) is 25.1 Å². The van der Waals surface area contributed by atoms with Crippen LogP contribution in [0.5, 0.6) is 0 Å². The molecule has 1 heterocycles. The first-order chi connectivity index (χ1) is 8.63. The maximum Gasteiger partial charge on any atom is 0.228 e. The minimum atomic E-state index is -0.0174. The van der Waals surface area contributed by atoms with Crippen molar-refractivity contribution in [2.75, 3.05) is 11.6 Å². The standard InChI is InChI=1S/C14H18ClNOS/c1-9(7-15)10(2)16-14(17)12-8-18-13-6-4-3-5-11(12)13/h3-6,9-10,12H,7-8H2,1-2H3,(H,16,17). The molecule has 1 aliphatic heterocycles. The zero-order valence-corrected chi connectivity index (χ0v) is 12.2. The third-order valence-corrected chi connectivity index (χ3v) is 5.15. The molecule has 3 atom stereocenters. The predicted octanol–water partition coefficient (Wildman–Crippen LogP) is 3.26. The summed E-state index contributed by atoms with van der Waals surface area (Å²) < 4.78 is 0. The fourth-order valence-corrected chi connectivity index (χ4v) is 3.48. The van der Waals surface area contributed by atoms with E-state index in [0.717, 1.165) is 11.3 Å². The molecule has 0 saturated heterocycles. The smallest absolute Gasteiger partial charge is 0.228 e. The van der Waals surface area contributed by atoms with Crippen LogP contribution in [0.3, 0.4) is 0 Å². The second-order valence-electron chi connectivity index (χ2n) is 4.83. The molecule has 2 rings (SSSR count). The molecule has 4 heteroatoms. The van der Waals surface area contributed by atoms with Crippen LogP contribution in [0.1, 0.15) is 25.3 Å². The molecule has 3 unspecified atom stereocenters. The van der Waals surface area contributed by atoms with Gasteiger partial charge in [-0.3, -0.25) is 4.79 Å². The number of thioether (sulfide) groups is 1. The van der Waals surface area contributed by atoms with Gasteiger partial charge in [0.2, 0.25) is 5.91 Å². The maximum atomic E-state index is 12.3. The van der Waals surface area contributed by atoms with Gasteiger partial charge in [0.15, 0.2) is 0 Å². The molecule has 1 aromatic rings. The normalized spacial score (nSPS) is 21.2. The Balaban J connectivity index is 2.03. The molecule has 1 aromatic carbocycles. The van der Waals surface area contributed by atoms with Gasteiger partial charge in [0.1, 0.15) is 0 Å². The summed E-state index contributed by atoms with van der Waals surface area (Å²) in [5.74, 6) is 1.80. The Morgan fingerprint density at radius 2 is 2.22 bits per heavy atom. The molecule has 1 aliphatic rings. The summed E-state index contributed by atoms with van der Waals surface area (Å²) in [4.78, 5) is 13.5. The van der Waals surface area contributed by atoms with Crippen LogP contribution in [0.4, 0.5) is 0 Å². The summed E-state index contributed by atoms with van der Waals surface area (Å²) >= 11 is 7.57. The number of halogens is 1. The predicted molar refractivity (Wildman–Crippen MR) is 77.4 cm³/mol. The molecule has 18 heavy (non-hydrogen) atoms. The Morgan fingerprint density at radius 1 is 1.50 bits per heavy atom. The zero-order valence-electron chi connectivity index (χ0n) is 10.7. The second kappa shape index (κ2) is 5.98. The molecule has 0 radical (unpaired) electrons. The highest BCUT2D eigenvalue weighted by molar-refractivity contribution is 7.99. The maximum absolute atomic E-state index is 12.3. The van der Waals surface area contributed by atoms with Crippen LogP contribution >= 0.6 is 23.4 Å². The number of hydrogen-bond acceptors (Lipinski definition) is 2. The third-order valence-electron chi connectivity index (χ3n) is 3.48. The van der Waals surface area contributed by atoms with Gasteiger partial charge in [-0.25, -0.2) is 0 Å². The van der Waals surface area contributed by atoms with Gasteiger partial charge < -0.3 is 5.32 Å². The summed E-state index contributed by atoms with van der Waals surface area (Å²) in [7, 11) is 0. The molecule has 0 saturated carbocycles. The average molecular weight is 284 g/mol. The molecule has 2 nitrogen and oxygen atoms in total. The Kier molecular flexibility index (Phi) is 4.57. The highest BCUT2D eigenvalue weighted by atomic mass is 35.5. The van der Waals surface area contributed by atoms with Gasteiger partial charge in [0.25, 0.3) is 0 Å². The van der Waals surface area contributed by atoms with Crippen molar-refractivity contribution in [1.29, 1.82) is 0 Å². The lowest BCUT2D eigenvalue weighted by Crippen LogP contribution is -2.40. The number of rotatable bonds is 4. The van der Waals surface area contributed by atoms with E-state index in [1.807, 2.05) is 19.1 Å². The largest absolute Gasteiger partial charge is 0.353 e. The van der Waals surface area contributed by atoms with Gasteiger partial charge >= 0.3 is 0 Å². The first-order valence-electron chi connectivity index (χ1n) is 6.21. The number of benzene rings is 1. The van der Waals surface area contributed by atoms with E-state index in [1.54, 1.807) is 11.8 Å². The lowest BCUT2D eigenvalue weighted by atomic mass is 9.99. The average Bonchev–Trinajstić information content (AvgIpc) is 2.81. The van der Waals surface area contributed by atoms with E-state index in [-0.39, 0.29) is 17.9 Å². The van der Waals surface area contributed by atoms with Crippen molar-refractivity contribution < 1.29 is 4.79 Å². The van der Waals surface area contributed by atoms with E-state index in [1.165, 1.54) is 4.90 Å². The van der Waals surface area contributed by atoms with Crippen molar-refractivity contribution in [1.82, 2.24) is 5.32 Å². The molecular formula is C14H18ClNOS. The molecule has 98 valence electrons. The Bertz CT molecular complexity index is 438. The van der Waals surface area contributed by atoms with E-state index in [9.17, 15) is 4.79 Å². The van der Waals surface area contributed by atoms with E-state index < -0.39 is 0 Å². The summed E-state index contributed by atoms with van der Waals surface area (Å²) in [6.45, 7) is 4.06. The lowest BCUT2D eigenvalue weighted by Gasteiger charge is -2.21. The van der Waals surface area contributed by atoms with Crippen LogP contribution in [-0.2, 0) is 4.79 Å². The topological polar surface area (TPSA) is 29.1 Å². The highest BCUT2D eigenvalue weighted by Gasteiger charge is 2.30. The van der Waals surface area contributed by atoms with Crippen molar-refractivity contribution in [3.8, 4) is 0 Å². The lowest BCUT2D eigenvalue weighted by molar-refractivity contribution is -0.122. The molecule has 1 N–H and O–H groups in total. The number of fused-ring (bicyclic) bond motifs is 1. The fraction of sp³-hybridized carbons (Fsp3) is 0.500. The Labute approximate surface area is 117 Å². The zero-order chi connectivity index (χ0) is 13.1. The van der Waals surface area contributed by atoms with Gasteiger partial charge in [0, 0.05) is 22.6 Å². The van der Waals surface area contributed by atoms with Gasteiger partial charge in [-0.2, -0.15) is 0 Å². The first kappa shape index (κ1) is 13.8. The quantitative estimate of drug-likeness (QED) is 0.860. The molecule has 0 spiro atoms. The number of carbonyl (C=O) groups is 1. The van der Waals surface area contributed by atoms with Gasteiger partial charge in [-0.05, 0) is 24.5 Å². The van der Waals surface area contributed by atoms with Crippen molar-refractivity contribution >= 4 is 29.3 Å². The van der Waals surface area contributed by atoms with Crippen LogP contribution in [0.25, 0.3) is 0 Å². The number of carbonyl (C=O) groups excluding carboxylic acids is 1. The minimum Gasteiger partial charge on any atom is -0.353 e. The summed E-state index contributed by atoms with van der Waals surface area (Å²) in [6, 6.07) is 8.26. The van der Waals surface area contributed by atoms with E-state index in [2.05, 4.69) is 24.4 Å². The van der Waals surface area contributed by atoms with Gasteiger partial charge in [-0.15, -0.1) is 23.4 Å². The molecule has 0 aromatic heterocycles. The van der Waals surface area contributed by atoms with Crippen LogP contribution in [0, 0.1) is 5.92 Å². The van der Waals surface area contributed by atoms with Crippen LogP contribution < -0.4 is 5.32 Å². The number of nitrogens with one attached hydrogen (secondary N) is 1. The van der Waals surface area contributed by atoms with Gasteiger partial charge in [0.05, 0.1) is 5.92 Å². The Hall–Kier alpha value is -0.670. The summed E-state index contributed by atoms with van der Waals surface area (Å²) in [6.07, 6.45) is 0. The fourth-order valence-electron chi connectivity index (χ4n) is 1.98. The van der Waals surface area contributed by atoms with Crippen LogP contribution in [0.2, 0.25) is 0 Å². The first-order valence-corrected chi connectivity index (χ1v) is 7.73. The third kappa shape index (κ3) is 2.83. The molecule has 0 bridgehead atoms. The number of alkyl halides is 1. The molecule has 1 amide bonds. The monoisotopic (exact) mass is 283 g/mol. The van der Waals surface area contributed by atoms with Crippen molar-refractivity contribution in [2.45, 2.75) is 30.7 Å². The van der Waals surface area contributed by atoms with Crippen molar-refractivity contribution in [3.05, 3.63) is 29.8 Å². The number of hydrogen-bond donors (Lipinski definition) is 1. The minimum absolute atomic E-state index is 0.0174. The SMILES string of the molecule is CC(CCl)C(C)NC(=O)C1CSc2ccccc21. The number of amides is 1. The molecular weight excluding hydrogens is 266 g/mol. The van der Waals surface area contributed by atoms with E-state index >= 15 is 0 Å². The van der Waals surface area contributed by atoms with Crippen molar-refractivity contribution in [2.24, 2.45) is 5.92 Å². The van der Waals surface area contributed by atoms with Crippen molar-refractivity contribution in [3.63, 3.8) is 0 Å². The van der Waals surface area contributed by atoms with Crippen LogP contribution in [-0.4, -0.2) is 23.6 Å². The van der Waals surface area contributed by atoms with Crippen LogP contribution in [0.15, 0.2) is 29.2 Å². The van der Waals surface area contributed by atoms with E-state index in [0.29, 0.717) is 11.8 Å². The highest BCUT2D eigenvalue weighted by Crippen LogP contribution is 2.39. The summed E-state index contributed by atoms with van der Waals surface area (Å²) in [5, 5.41) is 3.08. The molecule has 0 aliphatic carbocycles. The summed E-state index contributed by atoms with van der Waals surface area (Å²) in [5.41, 5.74) is 1.16.